The molecule has 0 atom stereocenters. The second-order valence-corrected chi connectivity index (χ2v) is 5.87. The average molecular weight is 284 g/mol. The van der Waals surface area contributed by atoms with Crippen LogP contribution in [0.3, 0.4) is 0 Å². The summed E-state index contributed by atoms with van der Waals surface area (Å²) in [5.41, 5.74) is 5.49. The van der Waals surface area contributed by atoms with Crippen molar-refractivity contribution in [3.05, 3.63) is 68.6 Å². The van der Waals surface area contributed by atoms with E-state index in [1.54, 1.807) is 0 Å². The van der Waals surface area contributed by atoms with E-state index in [1.165, 1.54) is 11.1 Å². The first-order valence-electron chi connectivity index (χ1n) is 7.43. The third-order valence-electron chi connectivity index (χ3n) is 3.62. The van der Waals surface area contributed by atoms with E-state index in [2.05, 4.69) is 61.2 Å². The van der Waals surface area contributed by atoms with Gasteiger partial charge in [0.05, 0.1) is 0 Å². The number of benzene rings is 1. The highest BCUT2D eigenvalue weighted by Gasteiger charge is 2.08. The van der Waals surface area contributed by atoms with Gasteiger partial charge >= 0.3 is 0 Å². The molecule has 1 heterocycles. The van der Waals surface area contributed by atoms with Crippen molar-refractivity contribution in [2.75, 3.05) is 14.1 Å². The van der Waals surface area contributed by atoms with E-state index in [0.29, 0.717) is 6.42 Å². The Hall–Kier alpha value is -1.87. The molecule has 2 rings (SSSR count). The normalized spacial score (nSPS) is 11.1. The topological polar surface area (TPSA) is 36.1 Å². The van der Waals surface area contributed by atoms with Gasteiger partial charge in [0.2, 0.25) is 0 Å². The molecule has 0 bridgehead atoms. The molecule has 1 aromatic carbocycles. The first kappa shape index (κ1) is 15.5. The van der Waals surface area contributed by atoms with Crippen molar-refractivity contribution >= 4 is 0 Å². The first-order valence-corrected chi connectivity index (χ1v) is 7.43. The molecule has 3 heteroatoms. The number of hydrogen-bond donors (Lipinski definition) is 1. The van der Waals surface area contributed by atoms with Crippen molar-refractivity contribution in [3.63, 3.8) is 0 Å². The Bertz CT molecular complexity index is 671. The molecule has 2 aromatic rings. The van der Waals surface area contributed by atoms with Crippen molar-refractivity contribution < 1.29 is 0 Å². The van der Waals surface area contributed by atoms with Gasteiger partial charge in [-0.05, 0) is 50.2 Å². The number of rotatable bonds is 5. The standard InChI is InChI=1S/C18H24N2O/c1-5-16-9-13(2)19-18(21)17(16)11-14-7-6-8-15(10-14)12-20(3)4/h6-10H,5,11-12H2,1-4H3,(H,19,21). The molecule has 0 aliphatic heterocycles. The molecule has 1 aromatic heterocycles. The highest BCUT2D eigenvalue weighted by molar-refractivity contribution is 5.34. The van der Waals surface area contributed by atoms with Gasteiger partial charge in [-0.15, -0.1) is 0 Å². The molecule has 1 N–H and O–H groups in total. The molecular weight excluding hydrogens is 260 g/mol. The van der Waals surface area contributed by atoms with Crippen LogP contribution in [0.5, 0.6) is 0 Å². The molecule has 0 radical (unpaired) electrons. The monoisotopic (exact) mass is 284 g/mol. The molecule has 0 fully saturated rings. The fourth-order valence-electron chi connectivity index (χ4n) is 2.70. The minimum absolute atomic E-state index is 0.0462. The summed E-state index contributed by atoms with van der Waals surface area (Å²) in [6.45, 7) is 4.95. The number of nitrogens with one attached hydrogen (secondary N) is 1. The largest absolute Gasteiger partial charge is 0.326 e. The second kappa shape index (κ2) is 6.72. The van der Waals surface area contributed by atoms with Gasteiger partial charge in [0, 0.05) is 24.2 Å². The van der Waals surface area contributed by atoms with E-state index < -0.39 is 0 Å². The maximum Gasteiger partial charge on any atom is 0.251 e. The van der Waals surface area contributed by atoms with Crippen LogP contribution in [0, 0.1) is 6.92 Å². The molecule has 112 valence electrons. The molecule has 0 aliphatic rings. The quantitative estimate of drug-likeness (QED) is 0.916. The summed E-state index contributed by atoms with van der Waals surface area (Å²) in [4.78, 5) is 17.3. The van der Waals surface area contributed by atoms with E-state index >= 15 is 0 Å². The lowest BCUT2D eigenvalue weighted by Gasteiger charge is -2.12. The first-order chi connectivity index (χ1) is 9.99. The van der Waals surface area contributed by atoms with Crippen LogP contribution in [-0.4, -0.2) is 24.0 Å². The van der Waals surface area contributed by atoms with E-state index in [-0.39, 0.29) is 5.56 Å². The molecule has 0 saturated heterocycles. The summed E-state index contributed by atoms with van der Waals surface area (Å²) in [6.07, 6.45) is 1.58. The third-order valence-corrected chi connectivity index (χ3v) is 3.62. The molecular formula is C18H24N2O. The number of pyridine rings is 1. The summed E-state index contributed by atoms with van der Waals surface area (Å²) >= 11 is 0. The predicted octanol–water partition coefficient (Wildman–Crippen LogP) is 2.90. The average Bonchev–Trinajstić information content (AvgIpc) is 2.41. The fraction of sp³-hybridized carbons (Fsp3) is 0.389. The highest BCUT2D eigenvalue weighted by Crippen LogP contribution is 2.14. The Morgan fingerprint density at radius 3 is 2.52 bits per heavy atom. The van der Waals surface area contributed by atoms with Crippen LogP contribution >= 0.6 is 0 Å². The lowest BCUT2D eigenvalue weighted by molar-refractivity contribution is 0.402. The van der Waals surface area contributed by atoms with Crippen LogP contribution in [-0.2, 0) is 19.4 Å². The molecule has 21 heavy (non-hydrogen) atoms. The highest BCUT2D eigenvalue weighted by atomic mass is 16.1. The van der Waals surface area contributed by atoms with Crippen LogP contribution in [0.4, 0.5) is 0 Å². The zero-order chi connectivity index (χ0) is 15.4. The number of hydrogen-bond acceptors (Lipinski definition) is 2. The Labute approximate surface area is 126 Å². The minimum atomic E-state index is 0.0462. The van der Waals surface area contributed by atoms with Gasteiger partial charge in [-0.3, -0.25) is 4.79 Å². The Morgan fingerprint density at radius 2 is 1.86 bits per heavy atom. The number of H-pyrrole nitrogens is 1. The summed E-state index contributed by atoms with van der Waals surface area (Å²) < 4.78 is 0. The van der Waals surface area contributed by atoms with E-state index in [9.17, 15) is 4.79 Å². The molecule has 0 aliphatic carbocycles. The third kappa shape index (κ3) is 4.05. The van der Waals surface area contributed by atoms with Crippen LogP contribution < -0.4 is 5.56 Å². The minimum Gasteiger partial charge on any atom is -0.326 e. The van der Waals surface area contributed by atoms with Crippen LogP contribution in [0.25, 0.3) is 0 Å². The van der Waals surface area contributed by atoms with E-state index in [0.717, 1.165) is 29.8 Å². The number of aryl methyl sites for hydroxylation is 2. The van der Waals surface area contributed by atoms with Crippen molar-refractivity contribution in [1.82, 2.24) is 9.88 Å². The maximum atomic E-state index is 12.2. The summed E-state index contributed by atoms with van der Waals surface area (Å²) in [6, 6.07) is 10.6. The zero-order valence-corrected chi connectivity index (χ0v) is 13.4. The van der Waals surface area contributed by atoms with Gasteiger partial charge in [0.25, 0.3) is 5.56 Å². The summed E-state index contributed by atoms with van der Waals surface area (Å²) in [5.74, 6) is 0. The summed E-state index contributed by atoms with van der Waals surface area (Å²) in [7, 11) is 4.12. The van der Waals surface area contributed by atoms with Gasteiger partial charge in [0.1, 0.15) is 0 Å². The number of nitrogens with zero attached hydrogens (tertiary/aromatic N) is 1. The van der Waals surface area contributed by atoms with E-state index in [4.69, 9.17) is 0 Å². The molecule has 0 saturated carbocycles. The maximum absolute atomic E-state index is 12.2. The number of aromatic nitrogens is 1. The predicted molar refractivity (Wildman–Crippen MR) is 87.8 cm³/mol. The van der Waals surface area contributed by atoms with Crippen LogP contribution in [0.1, 0.15) is 34.9 Å². The Kier molecular flexibility index (Phi) is 4.97. The van der Waals surface area contributed by atoms with Gasteiger partial charge in [-0.25, -0.2) is 0 Å². The SMILES string of the molecule is CCc1cc(C)[nH]c(=O)c1Cc1cccc(CN(C)C)c1. The molecule has 3 nitrogen and oxygen atoms in total. The van der Waals surface area contributed by atoms with E-state index in [1.807, 2.05) is 6.92 Å². The van der Waals surface area contributed by atoms with Crippen LogP contribution in [0.2, 0.25) is 0 Å². The van der Waals surface area contributed by atoms with Gasteiger partial charge < -0.3 is 9.88 Å². The van der Waals surface area contributed by atoms with Gasteiger partial charge in [-0.2, -0.15) is 0 Å². The van der Waals surface area contributed by atoms with Crippen molar-refractivity contribution in [2.45, 2.75) is 33.2 Å². The molecule has 0 unspecified atom stereocenters. The second-order valence-electron chi connectivity index (χ2n) is 5.87. The zero-order valence-electron chi connectivity index (χ0n) is 13.4. The molecule has 0 spiro atoms. The smallest absolute Gasteiger partial charge is 0.251 e. The van der Waals surface area contributed by atoms with Gasteiger partial charge in [0.15, 0.2) is 0 Å². The van der Waals surface area contributed by atoms with Crippen molar-refractivity contribution in [2.24, 2.45) is 0 Å². The Balaban J connectivity index is 2.32. The lowest BCUT2D eigenvalue weighted by atomic mass is 9.98. The van der Waals surface area contributed by atoms with Crippen LogP contribution in [0.15, 0.2) is 35.1 Å². The van der Waals surface area contributed by atoms with Gasteiger partial charge in [-0.1, -0.05) is 31.2 Å². The fourth-order valence-corrected chi connectivity index (χ4v) is 2.70. The summed E-state index contributed by atoms with van der Waals surface area (Å²) in [5, 5.41) is 0. The van der Waals surface area contributed by atoms with Crippen molar-refractivity contribution in [3.8, 4) is 0 Å². The lowest BCUT2D eigenvalue weighted by Crippen LogP contribution is -2.17. The Morgan fingerprint density at radius 1 is 1.14 bits per heavy atom. The molecule has 0 amide bonds. The number of aromatic amines is 1. The van der Waals surface area contributed by atoms with Crippen molar-refractivity contribution in [1.29, 1.82) is 0 Å².